The number of carbonyl (C=O) groups is 2. The first-order chi connectivity index (χ1) is 9.13. The van der Waals surface area contributed by atoms with Crippen molar-refractivity contribution in [3.8, 4) is 0 Å². The fourth-order valence-electron chi connectivity index (χ4n) is 1.82. The Morgan fingerprint density at radius 1 is 1.30 bits per heavy atom. The van der Waals surface area contributed by atoms with E-state index in [0.717, 1.165) is 5.56 Å². The van der Waals surface area contributed by atoms with Gasteiger partial charge in [0.2, 0.25) is 5.91 Å². The van der Waals surface area contributed by atoms with Crippen LogP contribution in [-0.4, -0.2) is 31.6 Å². The minimum Gasteiger partial charge on any atom is -0.467 e. The summed E-state index contributed by atoms with van der Waals surface area (Å²) in [5, 5.41) is 2.67. The average Bonchev–Trinajstić information content (AvgIpc) is 2.45. The first kappa shape index (κ1) is 18.4. The molecule has 0 heterocycles. The molecule has 6 heteroatoms. The Bertz CT molecular complexity index is 426. The van der Waals surface area contributed by atoms with Crippen molar-refractivity contribution in [1.82, 2.24) is 5.32 Å². The van der Waals surface area contributed by atoms with Gasteiger partial charge in [0.15, 0.2) is 0 Å². The first-order valence-corrected chi connectivity index (χ1v) is 6.27. The zero-order chi connectivity index (χ0) is 14.3. The van der Waals surface area contributed by atoms with Gasteiger partial charge in [0.25, 0.3) is 0 Å². The van der Waals surface area contributed by atoms with Crippen LogP contribution < -0.4 is 11.1 Å². The van der Waals surface area contributed by atoms with Crippen molar-refractivity contribution >= 4 is 24.3 Å². The number of carbonyl (C=O) groups excluding carboxylic acids is 2. The molecule has 2 unspecified atom stereocenters. The van der Waals surface area contributed by atoms with Crippen LogP contribution in [0, 0.1) is 0 Å². The Balaban J connectivity index is 0.00000361. The third-order valence-electron chi connectivity index (χ3n) is 2.96. The number of esters is 1. The van der Waals surface area contributed by atoms with Gasteiger partial charge in [0, 0.05) is 6.54 Å². The quantitative estimate of drug-likeness (QED) is 0.774. The van der Waals surface area contributed by atoms with Crippen LogP contribution in [0.1, 0.15) is 24.8 Å². The van der Waals surface area contributed by atoms with Crippen LogP contribution in [0.15, 0.2) is 30.3 Å². The number of hydrogen-bond acceptors (Lipinski definition) is 4. The molecule has 1 amide bonds. The van der Waals surface area contributed by atoms with E-state index in [-0.39, 0.29) is 24.9 Å². The molecule has 3 N–H and O–H groups in total. The summed E-state index contributed by atoms with van der Waals surface area (Å²) in [6.45, 7) is 2.00. The van der Waals surface area contributed by atoms with Gasteiger partial charge in [-0.1, -0.05) is 37.3 Å². The van der Waals surface area contributed by atoms with Crippen molar-refractivity contribution < 1.29 is 14.3 Å². The summed E-state index contributed by atoms with van der Waals surface area (Å²) in [4.78, 5) is 23.6. The van der Waals surface area contributed by atoms with E-state index in [1.165, 1.54) is 7.11 Å². The van der Waals surface area contributed by atoms with Crippen LogP contribution >= 0.6 is 12.4 Å². The molecule has 0 radical (unpaired) electrons. The Morgan fingerprint density at radius 3 is 2.35 bits per heavy atom. The highest BCUT2D eigenvalue weighted by molar-refractivity contribution is 5.88. The zero-order valence-electron chi connectivity index (χ0n) is 11.7. The van der Waals surface area contributed by atoms with Gasteiger partial charge in [-0.05, 0) is 12.0 Å². The van der Waals surface area contributed by atoms with E-state index in [0.29, 0.717) is 6.42 Å². The third kappa shape index (κ3) is 4.83. The standard InChI is InChI=1S/C14H20N2O3.ClH/c1-3-12(14(18)19-2)16-13(17)11(9-15)10-7-5-4-6-8-10;/h4-8,11-12H,3,9,15H2,1-2H3,(H,16,17);1H. The van der Waals surface area contributed by atoms with Crippen molar-refractivity contribution in [3.63, 3.8) is 0 Å². The van der Waals surface area contributed by atoms with Crippen molar-refractivity contribution in [2.24, 2.45) is 5.73 Å². The molecule has 0 aliphatic carbocycles. The lowest BCUT2D eigenvalue weighted by Gasteiger charge is -2.19. The second kappa shape index (κ2) is 9.34. The summed E-state index contributed by atoms with van der Waals surface area (Å²) in [6.07, 6.45) is 0.477. The van der Waals surface area contributed by atoms with E-state index in [4.69, 9.17) is 5.73 Å². The Hall–Kier alpha value is -1.59. The summed E-state index contributed by atoms with van der Waals surface area (Å²) in [5.74, 6) is -1.16. The van der Waals surface area contributed by atoms with Crippen LogP contribution in [0.2, 0.25) is 0 Å². The molecule has 1 rings (SSSR count). The largest absolute Gasteiger partial charge is 0.467 e. The number of hydrogen-bond donors (Lipinski definition) is 2. The SMILES string of the molecule is CCC(NC(=O)C(CN)c1ccccc1)C(=O)OC.Cl. The molecule has 0 spiro atoms. The molecule has 0 aliphatic rings. The Kier molecular flexibility index (Phi) is 8.59. The van der Waals surface area contributed by atoms with Crippen molar-refractivity contribution in [2.45, 2.75) is 25.3 Å². The van der Waals surface area contributed by atoms with Gasteiger partial charge in [-0.2, -0.15) is 0 Å². The number of halogens is 1. The highest BCUT2D eigenvalue weighted by Gasteiger charge is 2.25. The molecule has 0 saturated carbocycles. The number of benzene rings is 1. The predicted octanol–water partition coefficient (Wildman–Crippen LogP) is 1.22. The van der Waals surface area contributed by atoms with E-state index in [1.807, 2.05) is 37.3 Å². The topological polar surface area (TPSA) is 81.4 Å². The Labute approximate surface area is 125 Å². The molecule has 0 saturated heterocycles. The number of methoxy groups -OCH3 is 1. The number of ether oxygens (including phenoxy) is 1. The fraction of sp³-hybridized carbons (Fsp3) is 0.429. The molecule has 2 atom stereocenters. The average molecular weight is 301 g/mol. The van der Waals surface area contributed by atoms with E-state index in [1.54, 1.807) is 0 Å². The smallest absolute Gasteiger partial charge is 0.328 e. The predicted molar refractivity (Wildman–Crippen MR) is 79.7 cm³/mol. The van der Waals surface area contributed by atoms with E-state index < -0.39 is 17.9 Å². The maximum Gasteiger partial charge on any atom is 0.328 e. The van der Waals surface area contributed by atoms with Gasteiger partial charge < -0.3 is 15.8 Å². The molecule has 1 aromatic carbocycles. The molecule has 0 aromatic heterocycles. The first-order valence-electron chi connectivity index (χ1n) is 6.27. The maximum absolute atomic E-state index is 12.2. The summed E-state index contributed by atoms with van der Waals surface area (Å²) in [6, 6.07) is 8.63. The zero-order valence-corrected chi connectivity index (χ0v) is 12.5. The highest BCUT2D eigenvalue weighted by atomic mass is 35.5. The second-order valence-electron chi connectivity index (χ2n) is 4.19. The van der Waals surface area contributed by atoms with E-state index in [9.17, 15) is 9.59 Å². The van der Waals surface area contributed by atoms with Crippen molar-refractivity contribution in [2.75, 3.05) is 13.7 Å². The number of rotatable bonds is 6. The summed E-state index contributed by atoms with van der Waals surface area (Å²) < 4.78 is 4.64. The molecule has 1 aromatic rings. The fourth-order valence-corrected chi connectivity index (χ4v) is 1.82. The van der Waals surface area contributed by atoms with Gasteiger partial charge in [-0.25, -0.2) is 4.79 Å². The number of nitrogens with one attached hydrogen (secondary N) is 1. The minimum atomic E-state index is -0.629. The van der Waals surface area contributed by atoms with Crippen LogP contribution in [-0.2, 0) is 14.3 Å². The summed E-state index contributed by atoms with van der Waals surface area (Å²) in [7, 11) is 1.30. The highest BCUT2D eigenvalue weighted by Crippen LogP contribution is 2.14. The van der Waals surface area contributed by atoms with Gasteiger partial charge >= 0.3 is 5.97 Å². The lowest BCUT2D eigenvalue weighted by atomic mass is 9.98. The summed E-state index contributed by atoms with van der Waals surface area (Å²) >= 11 is 0. The number of amides is 1. The second-order valence-corrected chi connectivity index (χ2v) is 4.19. The van der Waals surface area contributed by atoms with E-state index in [2.05, 4.69) is 10.1 Å². The maximum atomic E-state index is 12.2. The normalized spacial score (nSPS) is 12.8. The van der Waals surface area contributed by atoms with Crippen LogP contribution in [0.3, 0.4) is 0 Å². The van der Waals surface area contributed by atoms with Gasteiger partial charge in [0.1, 0.15) is 6.04 Å². The monoisotopic (exact) mass is 300 g/mol. The molecular formula is C14H21ClN2O3. The van der Waals surface area contributed by atoms with Gasteiger partial charge in [-0.15, -0.1) is 12.4 Å². The molecule has 0 fully saturated rings. The van der Waals surface area contributed by atoms with Gasteiger partial charge in [0.05, 0.1) is 13.0 Å². The molecular weight excluding hydrogens is 280 g/mol. The van der Waals surface area contributed by atoms with Crippen LogP contribution in [0.4, 0.5) is 0 Å². The third-order valence-corrected chi connectivity index (χ3v) is 2.96. The molecule has 5 nitrogen and oxygen atoms in total. The van der Waals surface area contributed by atoms with Crippen LogP contribution in [0.25, 0.3) is 0 Å². The lowest BCUT2D eigenvalue weighted by molar-refractivity contribution is -0.145. The van der Waals surface area contributed by atoms with Crippen molar-refractivity contribution in [1.29, 1.82) is 0 Å². The Morgan fingerprint density at radius 2 is 1.90 bits per heavy atom. The molecule has 0 bridgehead atoms. The number of nitrogens with two attached hydrogens (primary N) is 1. The van der Waals surface area contributed by atoms with Gasteiger partial charge in [-0.3, -0.25) is 4.79 Å². The summed E-state index contributed by atoms with van der Waals surface area (Å²) in [5.41, 5.74) is 6.49. The van der Waals surface area contributed by atoms with Crippen molar-refractivity contribution in [3.05, 3.63) is 35.9 Å². The molecule has 112 valence electrons. The van der Waals surface area contributed by atoms with Crippen LogP contribution in [0.5, 0.6) is 0 Å². The van der Waals surface area contributed by atoms with E-state index >= 15 is 0 Å². The molecule has 20 heavy (non-hydrogen) atoms. The molecule has 0 aliphatic heterocycles. The minimum absolute atomic E-state index is 0. The lowest BCUT2D eigenvalue weighted by Crippen LogP contribution is -2.44.